The summed E-state index contributed by atoms with van der Waals surface area (Å²) < 4.78 is 57.7. The molecule has 6 rings (SSSR count). The van der Waals surface area contributed by atoms with Crippen LogP contribution in [-0.2, 0) is 30.9 Å². The predicted octanol–water partition coefficient (Wildman–Crippen LogP) is 4.22. The Morgan fingerprint density at radius 3 is 2.63 bits per heavy atom. The number of amides is 1. The molecule has 0 aliphatic carbocycles. The van der Waals surface area contributed by atoms with Gasteiger partial charge < -0.3 is 24.4 Å². The molecule has 3 aromatic rings. The normalized spacial score (nSPS) is 18.2. The Morgan fingerprint density at radius 2 is 1.95 bits per heavy atom. The number of aromatic nitrogens is 4. The Hall–Kier alpha value is -3.74. The number of aryl methyl sites for hydroxylation is 1. The summed E-state index contributed by atoms with van der Waals surface area (Å²) in [4.78, 5) is 14.9. The van der Waals surface area contributed by atoms with Crippen LogP contribution in [0.25, 0.3) is 11.1 Å². The molecule has 1 N–H and O–H groups in total. The van der Waals surface area contributed by atoms with Crippen molar-refractivity contribution in [2.45, 2.75) is 38.0 Å². The molecule has 10 nitrogen and oxygen atoms in total. The van der Waals surface area contributed by atoms with Gasteiger partial charge in [0.2, 0.25) is 0 Å². The summed E-state index contributed by atoms with van der Waals surface area (Å²) in [5, 5.41) is 18.6. The summed E-state index contributed by atoms with van der Waals surface area (Å²) in [5.74, 6) is 0.785. The summed E-state index contributed by atoms with van der Waals surface area (Å²) in [6.07, 6.45) is -0.719. The number of carboxylic acid groups (broad SMARTS) is 1. The molecule has 202 valence electrons. The molecule has 1 aromatic carbocycles. The van der Waals surface area contributed by atoms with Gasteiger partial charge in [-0.15, -0.1) is 0 Å². The van der Waals surface area contributed by atoms with Gasteiger partial charge in [-0.3, -0.25) is 9.36 Å². The molecule has 1 fully saturated rings. The molecule has 1 saturated heterocycles. The number of rotatable bonds is 3. The minimum Gasteiger partial charge on any atom is -0.490 e. The first kappa shape index (κ1) is 24.6. The Labute approximate surface area is 216 Å². The maximum atomic E-state index is 14.3. The average Bonchev–Trinajstić information content (AvgIpc) is 3.51. The number of alkyl halides is 3. The lowest BCUT2D eigenvalue weighted by molar-refractivity contribution is -0.137. The highest BCUT2D eigenvalue weighted by Crippen LogP contribution is 2.47. The second-order valence-corrected chi connectivity index (χ2v) is 9.76. The van der Waals surface area contributed by atoms with Crippen LogP contribution >= 0.6 is 0 Å². The van der Waals surface area contributed by atoms with Crippen molar-refractivity contribution in [3.05, 3.63) is 41.3 Å². The SMILES string of the molecule is Cn1cc(-c2cc3c(cc2C(F)(F)F)N(c2nn(C4CCOCC4)c4c2CN(C(=O)O)CC4)CCO3)cn1. The van der Waals surface area contributed by atoms with Crippen LogP contribution < -0.4 is 9.64 Å². The first-order chi connectivity index (χ1) is 18.2. The molecule has 13 heteroatoms. The molecule has 3 aliphatic heterocycles. The topological polar surface area (TPSA) is 97.9 Å². The molecule has 0 bridgehead atoms. The van der Waals surface area contributed by atoms with Crippen LogP contribution in [0, 0.1) is 0 Å². The maximum absolute atomic E-state index is 14.3. The zero-order valence-corrected chi connectivity index (χ0v) is 20.7. The maximum Gasteiger partial charge on any atom is 0.417 e. The van der Waals surface area contributed by atoms with E-state index in [2.05, 4.69) is 5.10 Å². The van der Waals surface area contributed by atoms with Gasteiger partial charge in [0.05, 0.1) is 36.6 Å². The second-order valence-electron chi connectivity index (χ2n) is 9.76. The van der Waals surface area contributed by atoms with Crippen molar-refractivity contribution in [2.24, 2.45) is 7.05 Å². The van der Waals surface area contributed by atoms with Crippen LogP contribution in [0.15, 0.2) is 24.5 Å². The molecule has 3 aliphatic rings. The molecule has 0 saturated carbocycles. The molecule has 5 heterocycles. The molecule has 38 heavy (non-hydrogen) atoms. The Balaban J connectivity index is 1.49. The molecule has 0 atom stereocenters. The smallest absolute Gasteiger partial charge is 0.417 e. The minimum absolute atomic E-state index is 0.0157. The fourth-order valence-corrected chi connectivity index (χ4v) is 5.56. The van der Waals surface area contributed by atoms with E-state index in [-0.39, 0.29) is 37.0 Å². The molecule has 2 aromatic heterocycles. The van der Waals surface area contributed by atoms with E-state index in [1.165, 1.54) is 28.0 Å². The fraction of sp³-hybridized carbons (Fsp3) is 0.480. The molecule has 0 unspecified atom stereocenters. The van der Waals surface area contributed by atoms with Crippen molar-refractivity contribution >= 4 is 17.6 Å². The zero-order valence-electron chi connectivity index (χ0n) is 20.7. The lowest BCUT2D eigenvalue weighted by atomic mass is 9.99. The minimum atomic E-state index is -4.62. The van der Waals surface area contributed by atoms with E-state index in [9.17, 15) is 23.1 Å². The standard InChI is InChI=1S/C25H27F3N6O4/c1-31-13-15(12-29-31)17-10-22-21(11-19(17)25(26,27)28)33(6-9-38-22)23-18-14-32(24(35)36)5-2-20(18)34(30-23)16-3-7-37-8-4-16/h10-13,16H,2-9,14H2,1H3,(H,35,36). The highest BCUT2D eigenvalue weighted by molar-refractivity contribution is 5.79. The Morgan fingerprint density at radius 1 is 1.16 bits per heavy atom. The van der Waals surface area contributed by atoms with Crippen LogP contribution in [-0.4, -0.2) is 68.6 Å². The highest BCUT2D eigenvalue weighted by atomic mass is 19.4. The largest absolute Gasteiger partial charge is 0.490 e. The Bertz CT molecular complexity index is 1380. The van der Waals surface area contributed by atoms with Gasteiger partial charge in [-0.05, 0) is 25.0 Å². The lowest BCUT2D eigenvalue weighted by Gasteiger charge is -2.33. The van der Waals surface area contributed by atoms with Crippen LogP contribution in [0.1, 0.15) is 35.7 Å². The van der Waals surface area contributed by atoms with E-state index in [1.807, 2.05) is 4.68 Å². The van der Waals surface area contributed by atoms with Gasteiger partial charge in [-0.2, -0.15) is 23.4 Å². The molecular weight excluding hydrogens is 505 g/mol. The number of anilines is 2. The molecule has 1 amide bonds. The first-order valence-electron chi connectivity index (χ1n) is 12.5. The number of carbonyl (C=O) groups is 1. The van der Waals surface area contributed by atoms with Crippen molar-refractivity contribution in [3.8, 4) is 16.9 Å². The monoisotopic (exact) mass is 532 g/mol. The van der Waals surface area contributed by atoms with Crippen LogP contribution in [0.3, 0.4) is 0 Å². The van der Waals surface area contributed by atoms with Gasteiger partial charge in [-0.1, -0.05) is 0 Å². The van der Waals surface area contributed by atoms with Gasteiger partial charge in [0.25, 0.3) is 0 Å². The van der Waals surface area contributed by atoms with Gasteiger partial charge in [0.15, 0.2) is 5.82 Å². The van der Waals surface area contributed by atoms with E-state index >= 15 is 0 Å². The number of ether oxygens (including phenoxy) is 2. The highest BCUT2D eigenvalue weighted by Gasteiger charge is 2.39. The number of fused-ring (bicyclic) bond motifs is 2. The average molecular weight is 533 g/mol. The van der Waals surface area contributed by atoms with E-state index in [0.717, 1.165) is 30.2 Å². The number of halogens is 3. The lowest BCUT2D eigenvalue weighted by Crippen LogP contribution is -2.36. The van der Waals surface area contributed by atoms with E-state index < -0.39 is 17.8 Å². The number of benzene rings is 1. The third-order valence-corrected chi connectivity index (χ3v) is 7.41. The van der Waals surface area contributed by atoms with Crippen molar-refractivity contribution in [1.29, 1.82) is 0 Å². The van der Waals surface area contributed by atoms with E-state index in [1.54, 1.807) is 11.9 Å². The molecule has 0 spiro atoms. The third kappa shape index (κ3) is 4.24. The van der Waals surface area contributed by atoms with Crippen LogP contribution in [0.2, 0.25) is 0 Å². The summed E-state index contributed by atoms with van der Waals surface area (Å²) in [6, 6.07) is 2.60. The number of hydrogen-bond acceptors (Lipinski definition) is 6. The number of hydrogen-bond donors (Lipinski definition) is 1. The first-order valence-corrected chi connectivity index (χ1v) is 12.5. The quantitative estimate of drug-likeness (QED) is 0.540. The summed E-state index contributed by atoms with van der Waals surface area (Å²) in [5.41, 5.74) is 1.43. The van der Waals surface area contributed by atoms with Gasteiger partial charge in [-0.25, -0.2) is 4.79 Å². The van der Waals surface area contributed by atoms with Crippen molar-refractivity contribution in [2.75, 3.05) is 37.8 Å². The van der Waals surface area contributed by atoms with Gasteiger partial charge in [0.1, 0.15) is 12.4 Å². The zero-order chi connectivity index (χ0) is 26.6. The summed E-state index contributed by atoms with van der Waals surface area (Å²) >= 11 is 0. The molecule has 0 radical (unpaired) electrons. The van der Waals surface area contributed by atoms with Crippen LogP contribution in [0.5, 0.6) is 5.75 Å². The van der Waals surface area contributed by atoms with E-state index in [4.69, 9.17) is 14.6 Å². The fourth-order valence-electron chi connectivity index (χ4n) is 5.56. The van der Waals surface area contributed by atoms with Gasteiger partial charge in [0, 0.05) is 61.8 Å². The number of nitrogens with zero attached hydrogens (tertiary/aromatic N) is 6. The predicted molar refractivity (Wildman–Crippen MR) is 130 cm³/mol. The van der Waals surface area contributed by atoms with Crippen molar-refractivity contribution in [3.63, 3.8) is 0 Å². The molecular formula is C25H27F3N6O4. The van der Waals surface area contributed by atoms with Crippen molar-refractivity contribution < 1.29 is 32.5 Å². The summed E-state index contributed by atoms with van der Waals surface area (Å²) in [6.45, 7) is 2.18. The van der Waals surface area contributed by atoms with Crippen LogP contribution in [0.4, 0.5) is 29.5 Å². The second kappa shape index (κ2) is 9.22. The van der Waals surface area contributed by atoms with Crippen molar-refractivity contribution in [1.82, 2.24) is 24.5 Å². The van der Waals surface area contributed by atoms with E-state index in [0.29, 0.717) is 43.3 Å². The summed E-state index contributed by atoms with van der Waals surface area (Å²) in [7, 11) is 1.64. The van der Waals surface area contributed by atoms with Gasteiger partial charge >= 0.3 is 12.3 Å². The third-order valence-electron chi connectivity index (χ3n) is 7.41. The Kier molecular flexibility index (Phi) is 5.97.